The van der Waals surface area contributed by atoms with Crippen molar-refractivity contribution in [3.63, 3.8) is 0 Å². The third-order valence-electron chi connectivity index (χ3n) is 2.95. The Bertz CT molecular complexity index is 576. The summed E-state index contributed by atoms with van der Waals surface area (Å²) in [6.45, 7) is 2.04. The van der Waals surface area contributed by atoms with Crippen molar-refractivity contribution in [2.24, 2.45) is 0 Å². The number of fused-ring (bicyclic) bond motifs is 1. The zero-order valence-corrected chi connectivity index (χ0v) is 9.08. The second-order valence-corrected chi connectivity index (χ2v) is 3.99. The molecule has 0 aliphatic rings. The summed E-state index contributed by atoms with van der Waals surface area (Å²) in [6.07, 6.45) is 6.37. The molecule has 2 aromatic heterocycles. The van der Waals surface area contributed by atoms with Gasteiger partial charge in [0.25, 0.3) is 0 Å². The first-order chi connectivity index (χ1) is 7.93. The van der Waals surface area contributed by atoms with Crippen molar-refractivity contribution in [3.05, 3.63) is 61.1 Å². The van der Waals surface area contributed by atoms with Gasteiger partial charge in [-0.2, -0.15) is 0 Å². The van der Waals surface area contributed by atoms with E-state index < -0.39 is 0 Å². The SMILES string of the molecule is c1ccc2c(c1)ccn2CCn1cccc1. The third-order valence-corrected chi connectivity index (χ3v) is 2.95. The Morgan fingerprint density at radius 2 is 1.56 bits per heavy atom. The number of aromatic nitrogens is 2. The zero-order chi connectivity index (χ0) is 10.8. The van der Waals surface area contributed by atoms with Gasteiger partial charge in [0, 0.05) is 37.2 Å². The van der Waals surface area contributed by atoms with Crippen molar-refractivity contribution < 1.29 is 0 Å². The summed E-state index contributed by atoms with van der Waals surface area (Å²) >= 11 is 0. The van der Waals surface area contributed by atoms with E-state index in [0.29, 0.717) is 0 Å². The van der Waals surface area contributed by atoms with Gasteiger partial charge in [-0.05, 0) is 29.7 Å². The van der Waals surface area contributed by atoms with E-state index in [1.54, 1.807) is 0 Å². The summed E-state index contributed by atoms with van der Waals surface area (Å²) in [6, 6.07) is 14.8. The third kappa shape index (κ3) is 1.63. The van der Waals surface area contributed by atoms with Gasteiger partial charge in [0.05, 0.1) is 0 Å². The van der Waals surface area contributed by atoms with Gasteiger partial charge >= 0.3 is 0 Å². The molecular formula is C14H14N2. The zero-order valence-electron chi connectivity index (χ0n) is 9.08. The van der Waals surface area contributed by atoms with E-state index in [9.17, 15) is 0 Å². The van der Waals surface area contributed by atoms with Crippen LogP contribution >= 0.6 is 0 Å². The van der Waals surface area contributed by atoms with Crippen LogP contribution in [0.1, 0.15) is 0 Å². The highest BCUT2D eigenvalue weighted by Gasteiger charge is 1.99. The van der Waals surface area contributed by atoms with Crippen molar-refractivity contribution in [2.45, 2.75) is 13.1 Å². The summed E-state index contributed by atoms with van der Waals surface area (Å²) in [7, 11) is 0. The maximum atomic E-state index is 2.30. The van der Waals surface area contributed by atoms with E-state index in [1.165, 1.54) is 10.9 Å². The molecule has 2 nitrogen and oxygen atoms in total. The summed E-state index contributed by atoms with van der Waals surface area (Å²) in [5, 5.41) is 1.31. The Hall–Kier alpha value is -1.96. The molecule has 0 aliphatic carbocycles. The topological polar surface area (TPSA) is 9.86 Å². The number of nitrogens with zero attached hydrogens (tertiary/aromatic N) is 2. The molecule has 1 aromatic carbocycles. The van der Waals surface area contributed by atoms with Gasteiger partial charge < -0.3 is 9.13 Å². The lowest BCUT2D eigenvalue weighted by Crippen LogP contribution is -2.04. The van der Waals surface area contributed by atoms with Crippen molar-refractivity contribution in [1.82, 2.24) is 9.13 Å². The lowest BCUT2D eigenvalue weighted by molar-refractivity contribution is 0.594. The van der Waals surface area contributed by atoms with Crippen LogP contribution in [0.2, 0.25) is 0 Å². The molecule has 0 amide bonds. The first kappa shape index (κ1) is 9.28. The highest BCUT2D eigenvalue weighted by atomic mass is 15.0. The number of rotatable bonds is 3. The molecule has 0 saturated heterocycles. The minimum atomic E-state index is 1.02. The fourth-order valence-corrected chi connectivity index (χ4v) is 2.08. The molecule has 0 radical (unpaired) electrons. The average Bonchev–Trinajstić information content (AvgIpc) is 2.96. The van der Waals surface area contributed by atoms with Crippen LogP contribution in [0.5, 0.6) is 0 Å². The molecule has 3 aromatic rings. The number of para-hydroxylation sites is 1. The normalized spacial score (nSPS) is 11.0. The molecule has 3 rings (SSSR count). The number of hydrogen-bond acceptors (Lipinski definition) is 0. The van der Waals surface area contributed by atoms with Crippen LogP contribution in [0.4, 0.5) is 0 Å². The Morgan fingerprint density at radius 1 is 0.750 bits per heavy atom. The molecule has 0 bridgehead atoms. The highest BCUT2D eigenvalue weighted by molar-refractivity contribution is 5.79. The maximum absolute atomic E-state index is 2.30. The summed E-state index contributed by atoms with van der Waals surface area (Å²) < 4.78 is 4.50. The molecule has 0 spiro atoms. The molecule has 0 fully saturated rings. The average molecular weight is 210 g/mol. The van der Waals surface area contributed by atoms with Gasteiger partial charge in [-0.1, -0.05) is 18.2 Å². The number of hydrogen-bond donors (Lipinski definition) is 0. The fourth-order valence-electron chi connectivity index (χ4n) is 2.08. The van der Waals surface area contributed by atoms with E-state index >= 15 is 0 Å². The first-order valence-electron chi connectivity index (χ1n) is 5.58. The van der Waals surface area contributed by atoms with Crippen LogP contribution in [-0.4, -0.2) is 9.13 Å². The van der Waals surface area contributed by atoms with Crippen LogP contribution in [0.15, 0.2) is 61.1 Å². The molecule has 2 heterocycles. The van der Waals surface area contributed by atoms with Crippen molar-refractivity contribution in [3.8, 4) is 0 Å². The quantitative estimate of drug-likeness (QED) is 0.628. The lowest BCUT2D eigenvalue weighted by Gasteiger charge is -2.06. The van der Waals surface area contributed by atoms with Crippen molar-refractivity contribution in [2.75, 3.05) is 0 Å². The second kappa shape index (κ2) is 3.89. The predicted octanol–water partition coefficient (Wildman–Crippen LogP) is 3.14. The Balaban J connectivity index is 1.84. The van der Waals surface area contributed by atoms with Gasteiger partial charge in [-0.3, -0.25) is 0 Å². The molecule has 0 aliphatic heterocycles. The summed E-state index contributed by atoms with van der Waals surface area (Å²) in [4.78, 5) is 0. The van der Waals surface area contributed by atoms with Crippen molar-refractivity contribution in [1.29, 1.82) is 0 Å². The molecule has 80 valence electrons. The molecule has 16 heavy (non-hydrogen) atoms. The van der Waals surface area contributed by atoms with E-state index in [1.807, 2.05) is 0 Å². The Kier molecular flexibility index (Phi) is 2.26. The monoisotopic (exact) mass is 210 g/mol. The summed E-state index contributed by atoms with van der Waals surface area (Å²) in [5.74, 6) is 0. The van der Waals surface area contributed by atoms with Crippen LogP contribution < -0.4 is 0 Å². The summed E-state index contributed by atoms with van der Waals surface area (Å²) in [5.41, 5.74) is 1.31. The highest BCUT2D eigenvalue weighted by Crippen LogP contribution is 2.14. The van der Waals surface area contributed by atoms with E-state index in [4.69, 9.17) is 0 Å². The Labute approximate surface area is 94.7 Å². The van der Waals surface area contributed by atoms with Gasteiger partial charge in [-0.25, -0.2) is 0 Å². The second-order valence-electron chi connectivity index (χ2n) is 3.99. The number of benzene rings is 1. The van der Waals surface area contributed by atoms with Gasteiger partial charge in [-0.15, -0.1) is 0 Å². The van der Waals surface area contributed by atoms with Gasteiger partial charge in [0.15, 0.2) is 0 Å². The molecule has 0 atom stereocenters. The Morgan fingerprint density at radius 3 is 2.44 bits per heavy atom. The minimum Gasteiger partial charge on any atom is -0.352 e. The van der Waals surface area contributed by atoms with Gasteiger partial charge in [0.2, 0.25) is 0 Å². The fraction of sp³-hybridized carbons (Fsp3) is 0.143. The maximum Gasteiger partial charge on any atom is 0.0480 e. The van der Waals surface area contributed by atoms with E-state index in [2.05, 4.69) is 70.2 Å². The minimum absolute atomic E-state index is 1.02. The van der Waals surface area contributed by atoms with Crippen LogP contribution in [0.25, 0.3) is 10.9 Å². The largest absolute Gasteiger partial charge is 0.352 e. The smallest absolute Gasteiger partial charge is 0.0480 e. The molecule has 0 saturated carbocycles. The molecule has 0 N–H and O–H groups in total. The van der Waals surface area contributed by atoms with Crippen LogP contribution in [0.3, 0.4) is 0 Å². The van der Waals surface area contributed by atoms with Crippen LogP contribution in [0, 0.1) is 0 Å². The predicted molar refractivity (Wildman–Crippen MR) is 66.4 cm³/mol. The van der Waals surface area contributed by atoms with E-state index in [-0.39, 0.29) is 0 Å². The molecule has 2 heteroatoms. The van der Waals surface area contributed by atoms with Gasteiger partial charge in [0.1, 0.15) is 0 Å². The van der Waals surface area contributed by atoms with Crippen molar-refractivity contribution >= 4 is 10.9 Å². The van der Waals surface area contributed by atoms with E-state index in [0.717, 1.165) is 13.1 Å². The number of aryl methyl sites for hydroxylation is 2. The standard InChI is InChI=1S/C14H14N2/c1-2-6-14-13(5-1)7-10-16(14)12-11-15-8-3-4-9-15/h1-10H,11-12H2. The molecular weight excluding hydrogens is 196 g/mol. The lowest BCUT2D eigenvalue weighted by atomic mass is 10.2. The first-order valence-corrected chi connectivity index (χ1v) is 5.58. The molecule has 0 unspecified atom stereocenters. The van der Waals surface area contributed by atoms with Crippen LogP contribution in [-0.2, 0) is 13.1 Å².